The highest BCUT2D eigenvalue weighted by atomic mass is 19.1. The Morgan fingerprint density at radius 3 is 2.50 bits per heavy atom. The van der Waals surface area contributed by atoms with Crippen molar-refractivity contribution in [2.75, 3.05) is 5.73 Å². The number of ether oxygens (including phenoxy) is 1. The minimum absolute atomic E-state index is 0.0230. The number of rotatable bonds is 4. The summed E-state index contributed by atoms with van der Waals surface area (Å²) in [6, 6.07) is 7.54. The molecule has 0 bridgehead atoms. The third kappa shape index (κ3) is 3.04. The van der Waals surface area contributed by atoms with Gasteiger partial charge in [-0.1, -0.05) is 32.9 Å². The van der Waals surface area contributed by atoms with Crippen molar-refractivity contribution in [1.29, 1.82) is 0 Å². The first-order chi connectivity index (χ1) is 9.42. The van der Waals surface area contributed by atoms with Crippen molar-refractivity contribution in [2.45, 2.75) is 32.6 Å². The first-order valence-corrected chi connectivity index (χ1v) is 6.49. The Bertz CT molecular complexity index is 597. The molecular formula is C15H18FN3O. The quantitative estimate of drug-likeness (QED) is 0.924. The zero-order valence-electron chi connectivity index (χ0n) is 11.9. The summed E-state index contributed by atoms with van der Waals surface area (Å²) in [5, 5.41) is 0. The molecule has 0 fully saturated rings. The fraction of sp³-hybridized carbons (Fsp3) is 0.333. The van der Waals surface area contributed by atoms with Crippen LogP contribution in [0, 0.1) is 5.82 Å². The van der Waals surface area contributed by atoms with Crippen LogP contribution < -0.4 is 10.5 Å². The van der Waals surface area contributed by atoms with Gasteiger partial charge in [0.15, 0.2) is 0 Å². The van der Waals surface area contributed by atoms with Crippen LogP contribution in [0.1, 0.15) is 32.8 Å². The number of benzene rings is 1. The molecule has 20 heavy (non-hydrogen) atoms. The second kappa shape index (κ2) is 5.45. The Kier molecular flexibility index (Phi) is 3.88. The van der Waals surface area contributed by atoms with E-state index in [-0.39, 0.29) is 17.2 Å². The predicted octanol–water partition coefficient (Wildman–Crippen LogP) is 3.68. The maximum atomic E-state index is 13.5. The fourth-order valence-corrected chi connectivity index (χ4v) is 1.73. The number of nitrogen functional groups attached to an aromatic ring is 1. The molecule has 0 spiro atoms. The maximum Gasteiger partial charge on any atom is 0.260 e. The summed E-state index contributed by atoms with van der Waals surface area (Å²) in [5.74, 6) is -0.319. The van der Waals surface area contributed by atoms with Crippen molar-refractivity contribution in [3.05, 3.63) is 41.8 Å². The molecule has 4 nitrogen and oxygen atoms in total. The molecule has 0 radical (unpaired) electrons. The largest absolute Gasteiger partial charge is 0.436 e. The average Bonchev–Trinajstić information content (AvgIpc) is 2.43. The lowest BCUT2D eigenvalue weighted by molar-refractivity contribution is 0.420. The van der Waals surface area contributed by atoms with Crippen molar-refractivity contribution in [3.8, 4) is 11.6 Å². The summed E-state index contributed by atoms with van der Waals surface area (Å²) in [6.45, 7) is 6.49. The second-order valence-electron chi connectivity index (χ2n) is 5.25. The Labute approximate surface area is 117 Å². The summed E-state index contributed by atoms with van der Waals surface area (Å²) in [4.78, 5) is 7.27. The summed E-state index contributed by atoms with van der Waals surface area (Å²) in [5.41, 5.74) is 6.72. The molecule has 1 aromatic carbocycles. The standard InChI is InChI=1S/C15H18FN3O/c1-4-15(2,3)10-5-7-11(8-6-10)20-13-12(16)9-18-14(17)19-13/h5-9H,4H2,1-3H3,(H2,17,18,19). The fourth-order valence-electron chi connectivity index (χ4n) is 1.73. The van der Waals surface area contributed by atoms with Gasteiger partial charge in [0.2, 0.25) is 11.8 Å². The number of hydrogen-bond donors (Lipinski definition) is 1. The molecule has 0 aliphatic carbocycles. The number of halogens is 1. The molecular weight excluding hydrogens is 257 g/mol. The van der Waals surface area contributed by atoms with Crippen molar-refractivity contribution in [3.63, 3.8) is 0 Å². The van der Waals surface area contributed by atoms with Crippen LogP contribution in [0.4, 0.5) is 10.3 Å². The number of hydrogen-bond acceptors (Lipinski definition) is 4. The molecule has 2 rings (SSSR count). The van der Waals surface area contributed by atoms with E-state index in [9.17, 15) is 4.39 Å². The van der Waals surface area contributed by atoms with E-state index in [0.29, 0.717) is 5.75 Å². The number of nitrogens with two attached hydrogens (primary N) is 1. The Hall–Kier alpha value is -2.17. The maximum absolute atomic E-state index is 13.5. The van der Waals surface area contributed by atoms with E-state index < -0.39 is 5.82 Å². The van der Waals surface area contributed by atoms with E-state index >= 15 is 0 Å². The molecule has 0 amide bonds. The van der Waals surface area contributed by atoms with E-state index in [1.54, 1.807) is 12.1 Å². The Morgan fingerprint density at radius 2 is 1.90 bits per heavy atom. The van der Waals surface area contributed by atoms with Crippen LogP contribution in [0.3, 0.4) is 0 Å². The summed E-state index contributed by atoms with van der Waals surface area (Å²) >= 11 is 0. The van der Waals surface area contributed by atoms with Crippen LogP contribution in [-0.2, 0) is 5.41 Å². The molecule has 0 saturated heterocycles. The van der Waals surface area contributed by atoms with Gasteiger partial charge in [0, 0.05) is 0 Å². The number of aromatic nitrogens is 2. The van der Waals surface area contributed by atoms with Gasteiger partial charge in [-0.15, -0.1) is 0 Å². The van der Waals surface area contributed by atoms with Gasteiger partial charge in [-0.2, -0.15) is 9.37 Å². The molecule has 0 aliphatic heterocycles. The molecule has 106 valence electrons. The van der Waals surface area contributed by atoms with Crippen molar-refractivity contribution in [2.24, 2.45) is 0 Å². The molecule has 1 aromatic heterocycles. The molecule has 1 heterocycles. The summed E-state index contributed by atoms with van der Waals surface area (Å²) in [6.07, 6.45) is 2.02. The van der Waals surface area contributed by atoms with Gasteiger partial charge in [-0.25, -0.2) is 4.98 Å². The molecule has 5 heteroatoms. The minimum atomic E-state index is -0.642. The SMILES string of the molecule is CCC(C)(C)c1ccc(Oc2nc(N)ncc2F)cc1. The van der Waals surface area contributed by atoms with Crippen LogP contribution in [0.15, 0.2) is 30.5 Å². The lowest BCUT2D eigenvalue weighted by atomic mass is 9.82. The summed E-state index contributed by atoms with van der Waals surface area (Å²) in [7, 11) is 0. The van der Waals surface area contributed by atoms with Gasteiger partial charge < -0.3 is 10.5 Å². The summed E-state index contributed by atoms with van der Waals surface area (Å²) < 4.78 is 18.9. The smallest absolute Gasteiger partial charge is 0.260 e. The zero-order valence-corrected chi connectivity index (χ0v) is 11.9. The Balaban J connectivity index is 2.21. The van der Waals surface area contributed by atoms with Crippen molar-refractivity contribution in [1.82, 2.24) is 9.97 Å². The van der Waals surface area contributed by atoms with E-state index in [2.05, 4.69) is 30.7 Å². The van der Waals surface area contributed by atoms with Crippen LogP contribution in [0.2, 0.25) is 0 Å². The highest BCUT2D eigenvalue weighted by molar-refractivity contribution is 5.34. The van der Waals surface area contributed by atoms with Gasteiger partial charge in [0.1, 0.15) is 5.75 Å². The minimum Gasteiger partial charge on any atom is -0.436 e. The van der Waals surface area contributed by atoms with Gasteiger partial charge >= 0.3 is 0 Å². The third-order valence-corrected chi connectivity index (χ3v) is 3.46. The number of anilines is 1. The predicted molar refractivity (Wildman–Crippen MR) is 76.2 cm³/mol. The molecule has 0 saturated carbocycles. The van der Waals surface area contributed by atoms with E-state index in [0.717, 1.165) is 12.6 Å². The first kappa shape index (κ1) is 14.2. The lowest BCUT2D eigenvalue weighted by Crippen LogP contribution is -2.14. The zero-order chi connectivity index (χ0) is 14.8. The molecule has 0 unspecified atom stereocenters. The molecule has 0 aliphatic rings. The van der Waals surface area contributed by atoms with Gasteiger partial charge in [0.25, 0.3) is 5.88 Å². The van der Waals surface area contributed by atoms with Crippen LogP contribution in [0.25, 0.3) is 0 Å². The highest BCUT2D eigenvalue weighted by Crippen LogP contribution is 2.29. The normalized spacial score (nSPS) is 11.4. The second-order valence-corrected chi connectivity index (χ2v) is 5.25. The highest BCUT2D eigenvalue weighted by Gasteiger charge is 2.18. The first-order valence-electron chi connectivity index (χ1n) is 6.49. The lowest BCUT2D eigenvalue weighted by Gasteiger charge is -2.23. The molecule has 2 N–H and O–H groups in total. The van der Waals surface area contributed by atoms with E-state index in [4.69, 9.17) is 10.5 Å². The van der Waals surface area contributed by atoms with Crippen LogP contribution in [0.5, 0.6) is 11.6 Å². The number of nitrogens with zero attached hydrogens (tertiary/aromatic N) is 2. The molecule has 2 aromatic rings. The topological polar surface area (TPSA) is 61.0 Å². The van der Waals surface area contributed by atoms with Crippen LogP contribution >= 0.6 is 0 Å². The van der Waals surface area contributed by atoms with Crippen molar-refractivity contribution >= 4 is 5.95 Å². The van der Waals surface area contributed by atoms with Crippen LogP contribution in [-0.4, -0.2) is 9.97 Å². The van der Waals surface area contributed by atoms with E-state index in [1.165, 1.54) is 5.56 Å². The van der Waals surface area contributed by atoms with Gasteiger partial charge in [-0.05, 0) is 29.5 Å². The van der Waals surface area contributed by atoms with Crippen molar-refractivity contribution < 1.29 is 9.13 Å². The van der Waals surface area contributed by atoms with Gasteiger partial charge in [0.05, 0.1) is 6.20 Å². The van der Waals surface area contributed by atoms with Gasteiger partial charge in [-0.3, -0.25) is 0 Å². The monoisotopic (exact) mass is 275 g/mol. The average molecular weight is 275 g/mol. The van der Waals surface area contributed by atoms with E-state index in [1.807, 2.05) is 12.1 Å². The third-order valence-electron chi connectivity index (χ3n) is 3.46. The molecule has 0 atom stereocenters. The Morgan fingerprint density at radius 1 is 1.25 bits per heavy atom.